The molecule has 0 saturated carbocycles. The van der Waals surface area contributed by atoms with E-state index in [2.05, 4.69) is 0 Å². The zero-order valence-electron chi connectivity index (χ0n) is 20.8. The van der Waals surface area contributed by atoms with Gasteiger partial charge in [-0.25, -0.2) is 21.1 Å². The van der Waals surface area contributed by atoms with Gasteiger partial charge in [0.25, 0.3) is 0 Å². The van der Waals surface area contributed by atoms with E-state index in [0.29, 0.717) is 22.8 Å². The van der Waals surface area contributed by atoms with E-state index < -0.39 is 20.0 Å². The number of sulfonamides is 2. The smallest absolute Gasteiger partial charge is 0.243 e. The van der Waals surface area contributed by atoms with Gasteiger partial charge in [-0.05, 0) is 59.7 Å². The van der Waals surface area contributed by atoms with Crippen molar-refractivity contribution >= 4 is 20.0 Å². The first-order valence-electron chi connectivity index (χ1n) is 10.9. The van der Waals surface area contributed by atoms with Crippen LogP contribution in [0.5, 0.6) is 17.2 Å². The van der Waals surface area contributed by atoms with Gasteiger partial charge in [0.1, 0.15) is 5.75 Å². The molecule has 194 valence electrons. The first-order valence-corrected chi connectivity index (χ1v) is 13.8. The second kappa shape index (κ2) is 11.3. The van der Waals surface area contributed by atoms with Crippen LogP contribution in [-0.2, 0) is 33.1 Å². The van der Waals surface area contributed by atoms with Crippen molar-refractivity contribution in [3.05, 3.63) is 77.9 Å². The monoisotopic (exact) mass is 534 g/mol. The van der Waals surface area contributed by atoms with Gasteiger partial charge in [0.2, 0.25) is 20.0 Å². The summed E-state index contributed by atoms with van der Waals surface area (Å²) in [5, 5.41) is 0. The van der Waals surface area contributed by atoms with Crippen LogP contribution in [0.4, 0.5) is 0 Å². The third kappa shape index (κ3) is 5.98. The molecule has 9 nitrogen and oxygen atoms in total. The Hall–Kier alpha value is -3.12. The molecule has 0 saturated heterocycles. The summed E-state index contributed by atoms with van der Waals surface area (Å²) in [5.41, 5.74) is 1.45. The molecule has 0 aliphatic carbocycles. The summed E-state index contributed by atoms with van der Waals surface area (Å²) < 4.78 is 70.5. The summed E-state index contributed by atoms with van der Waals surface area (Å²) in [7, 11) is -0.272. The molecule has 0 aliphatic rings. The van der Waals surface area contributed by atoms with E-state index in [0.717, 1.165) is 9.87 Å². The molecular formula is C25H30N2O7S2. The highest BCUT2D eigenvalue weighted by atomic mass is 32.2. The second-order valence-corrected chi connectivity index (χ2v) is 12.2. The molecule has 0 unspecified atom stereocenters. The summed E-state index contributed by atoms with van der Waals surface area (Å²) in [4.78, 5) is -0.0118. The third-order valence-electron chi connectivity index (χ3n) is 5.56. The molecule has 3 aromatic rings. The molecule has 0 spiro atoms. The molecule has 0 N–H and O–H groups in total. The van der Waals surface area contributed by atoms with Gasteiger partial charge < -0.3 is 14.2 Å². The highest BCUT2D eigenvalue weighted by molar-refractivity contribution is 7.89. The SMILES string of the molecule is COc1ccc(CN(Cc2ccc(OC)c(OC)c2)S(=O)(=O)c2ccc(S(=O)(=O)N(C)C)cc2)cc1. The lowest BCUT2D eigenvalue weighted by Gasteiger charge is -2.23. The van der Waals surface area contributed by atoms with Gasteiger partial charge in [0, 0.05) is 27.2 Å². The molecule has 0 heterocycles. The van der Waals surface area contributed by atoms with Crippen LogP contribution in [-0.4, -0.2) is 60.9 Å². The fraction of sp³-hybridized carbons (Fsp3) is 0.280. The standard InChI is InChI=1S/C25H30N2O7S2/c1-26(2)35(28,29)22-11-13-23(14-12-22)36(30,31)27(17-19-6-9-21(32-3)10-7-19)18-20-8-15-24(33-4)25(16-20)34-5/h6-16H,17-18H2,1-5H3. The highest BCUT2D eigenvalue weighted by Crippen LogP contribution is 2.30. The zero-order valence-corrected chi connectivity index (χ0v) is 22.5. The van der Waals surface area contributed by atoms with Crippen LogP contribution in [0.25, 0.3) is 0 Å². The van der Waals surface area contributed by atoms with Crippen LogP contribution in [0.3, 0.4) is 0 Å². The van der Waals surface area contributed by atoms with Crippen LogP contribution in [0.15, 0.2) is 76.5 Å². The van der Waals surface area contributed by atoms with E-state index in [1.54, 1.807) is 49.6 Å². The molecule has 0 atom stereocenters. The first-order chi connectivity index (χ1) is 17.0. The molecular weight excluding hydrogens is 504 g/mol. The number of hydrogen-bond acceptors (Lipinski definition) is 7. The molecule has 0 radical (unpaired) electrons. The Kier molecular flexibility index (Phi) is 8.62. The number of rotatable bonds is 11. The molecule has 0 aromatic heterocycles. The second-order valence-electron chi connectivity index (χ2n) is 8.07. The van der Waals surface area contributed by atoms with Gasteiger partial charge in [-0.15, -0.1) is 0 Å². The predicted octanol–water partition coefficient (Wildman–Crippen LogP) is 3.35. The van der Waals surface area contributed by atoms with Crippen molar-refractivity contribution in [1.82, 2.24) is 8.61 Å². The molecule has 3 aromatic carbocycles. The van der Waals surface area contributed by atoms with Crippen molar-refractivity contribution in [3.63, 3.8) is 0 Å². The molecule has 0 bridgehead atoms. The molecule has 36 heavy (non-hydrogen) atoms. The van der Waals surface area contributed by atoms with Crippen molar-refractivity contribution in [2.45, 2.75) is 22.9 Å². The summed E-state index contributed by atoms with van der Waals surface area (Å²) >= 11 is 0. The molecule has 0 amide bonds. The molecule has 0 aliphatic heterocycles. The van der Waals surface area contributed by atoms with Crippen LogP contribution in [0.2, 0.25) is 0 Å². The number of ether oxygens (including phenoxy) is 3. The fourth-order valence-electron chi connectivity index (χ4n) is 3.49. The molecule has 0 fully saturated rings. The lowest BCUT2D eigenvalue weighted by atomic mass is 10.2. The number of benzene rings is 3. The van der Waals surface area contributed by atoms with Crippen LogP contribution in [0, 0.1) is 0 Å². The van der Waals surface area contributed by atoms with Crippen LogP contribution < -0.4 is 14.2 Å². The maximum atomic E-state index is 13.7. The van der Waals surface area contributed by atoms with E-state index in [1.165, 1.54) is 56.9 Å². The van der Waals surface area contributed by atoms with Gasteiger partial charge >= 0.3 is 0 Å². The number of hydrogen-bond donors (Lipinski definition) is 0. The topological polar surface area (TPSA) is 102 Å². The quantitative estimate of drug-likeness (QED) is 0.372. The van der Waals surface area contributed by atoms with Crippen LogP contribution in [0.1, 0.15) is 11.1 Å². The van der Waals surface area contributed by atoms with E-state index in [9.17, 15) is 16.8 Å². The molecule has 3 rings (SSSR count). The van der Waals surface area contributed by atoms with Crippen molar-refractivity contribution in [3.8, 4) is 17.2 Å². The van der Waals surface area contributed by atoms with Gasteiger partial charge in [-0.1, -0.05) is 18.2 Å². The lowest BCUT2D eigenvalue weighted by Crippen LogP contribution is -2.30. The maximum absolute atomic E-state index is 13.7. The average Bonchev–Trinajstić information content (AvgIpc) is 2.88. The van der Waals surface area contributed by atoms with E-state index >= 15 is 0 Å². The highest BCUT2D eigenvalue weighted by Gasteiger charge is 2.27. The maximum Gasteiger partial charge on any atom is 0.243 e. The average molecular weight is 535 g/mol. The fourth-order valence-corrected chi connectivity index (χ4v) is 5.80. The summed E-state index contributed by atoms with van der Waals surface area (Å²) in [6.07, 6.45) is 0. The van der Waals surface area contributed by atoms with Crippen molar-refractivity contribution < 1.29 is 31.0 Å². The normalized spacial score (nSPS) is 12.1. The van der Waals surface area contributed by atoms with Gasteiger partial charge in [-0.3, -0.25) is 0 Å². The largest absolute Gasteiger partial charge is 0.497 e. The number of methoxy groups -OCH3 is 3. The van der Waals surface area contributed by atoms with Crippen LogP contribution >= 0.6 is 0 Å². The Bertz CT molecular complexity index is 1390. The minimum absolute atomic E-state index is 0.00745. The predicted molar refractivity (Wildman–Crippen MR) is 136 cm³/mol. The third-order valence-corrected chi connectivity index (χ3v) is 9.20. The van der Waals surface area contributed by atoms with E-state index in [1.807, 2.05) is 0 Å². The summed E-state index contributed by atoms with van der Waals surface area (Å²) in [5.74, 6) is 1.67. The Morgan fingerprint density at radius 2 is 1.11 bits per heavy atom. The number of nitrogens with zero attached hydrogens (tertiary/aromatic N) is 2. The Balaban J connectivity index is 2.01. The zero-order chi connectivity index (χ0) is 26.5. The lowest BCUT2D eigenvalue weighted by molar-refractivity contribution is 0.352. The van der Waals surface area contributed by atoms with E-state index in [4.69, 9.17) is 14.2 Å². The van der Waals surface area contributed by atoms with Gasteiger partial charge in [0.15, 0.2) is 11.5 Å². The minimum Gasteiger partial charge on any atom is -0.497 e. The van der Waals surface area contributed by atoms with E-state index in [-0.39, 0.29) is 22.9 Å². The Morgan fingerprint density at radius 3 is 1.61 bits per heavy atom. The van der Waals surface area contributed by atoms with Crippen molar-refractivity contribution in [1.29, 1.82) is 0 Å². The minimum atomic E-state index is -4.01. The Morgan fingerprint density at radius 1 is 0.611 bits per heavy atom. The summed E-state index contributed by atoms with van der Waals surface area (Å²) in [6, 6.07) is 17.5. The van der Waals surface area contributed by atoms with Crippen molar-refractivity contribution in [2.75, 3.05) is 35.4 Å². The van der Waals surface area contributed by atoms with Crippen molar-refractivity contribution in [2.24, 2.45) is 0 Å². The first kappa shape index (κ1) is 27.5. The summed E-state index contributed by atoms with van der Waals surface area (Å²) in [6.45, 7) is 0.130. The van der Waals surface area contributed by atoms with Gasteiger partial charge in [0.05, 0.1) is 31.1 Å². The van der Waals surface area contributed by atoms with Gasteiger partial charge in [-0.2, -0.15) is 4.31 Å². The Labute approximate surface area is 212 Å². The molecule has 11 heteroatoms.